The van der Waals surface area contributed by atoms with E-state index in [1.165, 1.54) is 20.0 Å². The minimum Gasteiger partial charge on any atom is -0.492 e. The molecule has 0 fully saturated rings. The monoisotopic (exact) mass is 497 g/mol. The van der Waals surface area contributed by atoms with Gasteiger partial charge in [0.05, 0.1) is 18.5 Å². The van der Waals surface area contributed by atoms with Crippen LogP contribution in [0.1, 0.15) is 29.6 Å². The number of aromatic nitrogens is 3. The van der Waals surface area contributed by atoms with Crippen LogP contribution in [0.4, 0.5) is 13.2 Å². The molecular weight excluding hydrogens is 479 g/mol. The van der Waals surface area contributed by atoms with Crippen LogP contribution >= 0.6 is 11.6 Å². The van der Waals surface area contributed by atoms with Crippen LogP contribution in [0.2, 0.25) is 5.02 Å². The van der Waals surface area contributed by atoms with E-state index in [1.54, 1.807) is 6.92 Å². The summed E-state index contributed by atoms with van der Waals surface area (Å²) >= 11 is 6.10. The second-order valence-electron chi connectivity index (χ2n) is 7.11. The summed E-state index contributed by atoms with van der Waals surface area (Å²) in [6.45, 7) is 8.43. The van der Waals surface area contributed by atoms with E-state index in [0.29, 0.717) is 12.3 Å². The molecule has 0 atom stereocenters. The summed E-state index contributed by atoms with van der Waals surface area (Å²) in [6, 6.07) is 1.46. The Kier molecular flexibility index (Phi) is 7.01. The summed E-state index contributed by atoms with van der Waals surface area (Å²) in [4.78, 5) is 20.3. The molecule has 0 aromatic carbocycles. The quantitative estimate of drug-likeness (QED) is 0.380. The Bertz CT molecular complexity index is 1340. The van der Waals surface area contributed by atoms with Crippen molar-refractivity contribution in [1.82, 2.24) is 14.5 Å². The fourth-order valence-corrected chi connectivity index (χ4v) is 3.34. The predicted molar refractivity (Wildman–Crippen MR) is 116 cm³/mol. The van der Waals surface area contributed by atoms with Gasteiger partial charge in [-0.15, -0.1) is 0 Å². The Labute approximate surface area is 196 Å². The summed E-state index contributed by atoms with van der Waals surface area (Å²) in [6.07, 6.45) is 1.86. The number of halogens is 4. The average Bonchev–Trinajstić information content (AvgIpc) is 2.73. The molecule has 3 aromatic heterocycles. The lowest BCUT2D eigenvalue weighted by atomic mass is 10.1. The minimum atomic E-state index is -3.41. The Morgan fingerprint density at radius 1 is 1.21 bits per heavy atom. The van der Waals surface area contributed by atoms with E-state index in [0.717, 1.165) is 10.6 Å². The number of ether oxygens (including phenoxy) is 2. The molecule has 8 nitrogen and oxygen atoms in total. The van der Waals surface area contributed by atoms with Gasteiger partial charge in [-0.2, -0.15) is 0 Å². The molecule has 0 bridgehead atoms. The van der Waals surface area contributed by atoms with Crippen molar-refractivity contribution >= 4 is 17.4 Å². The van der Waals surface area contributed by atoms with Crippen molar-refractivity contribution in [2.75, 3.05) is 6.61 Å². The standard InChI is InChI=1S/C22H19ClF3N3O5/c1-5-33-12(4)18-17(26)19(10(2)8-27-18)29-11(3)6-15(16(23)21(29)30)34-22(31,32)20-14(25)7-13(24)9-28-20/h6-9,31-32H,4-5H2,1-3H3. The van der Waals surface area contributed by atoms with Crippen molar-refractivity contribution in [3.8, 4) is 11.4 Å². The van der Waals surface area contributed by atoms with Gasteiger partial charge < -0.3 is 19.7 Å². The highest BCUT2D eigenvalue weighted by molar-refractivity contribution is 6.31. The van der Waals surface area contributed by atoms with Gasteiger partial charge >= 0.3 is 5.97 Å². The molecule has 0 aliphatic rings. The second-order valence-corrected chi connectivity index (χ2v) is 7.49. The van der Waals surface area contributed by atoms with Crippen LogP contribution < -0.4 is 10.3 Å². The summed E-state index contributed by atoms with van der Waals surface area (Å²) in [5.74, 6) is -7.40. The third-order valence-corrected chi connectivity index (χ3v) is 5.00. The van der Waals surface area contributed by atoms with E-state index in [-0.39, 0.29) is 35.0 Å². The minimum absolute atomic E-state index is 0.0443. The zero-order valence-corrected chi connectivity index (χ0v) is 19.0. The van der Waals surface area contributed by atoms with E-state index in [4.69, 9.17) is 21.1 Å². The van der Waals surface area contributed by atoms with E-state index in [9.17, 15) is 23.8 Å². The summed E-state index contributed by atoms with van der Waals surface area (Å²) in [5, 5.41) is 19.7. The highest BCUT2D eigenvalue weighted by Crippen LogP contribution is 2.31. The lowest BCUT2D eigenvalue weighted by Crippen LogP contribution is -2.36. The first-order valence-corrected chi connectivity index (χ1v) is 10.1. The SMILES string of the molecule is C=C(OCC)c1ncc(C)c(-n2c(C)cc(OC(O)(O)c3ncc(F)cc3F)c(Cl)c2=O)c1F. The molecule has 3 rings (SSSR count). The maximum atomic E-state index is 15.4. The first kappa shape index (κ1) is 25.2. The van der Waals surface area contributed by atoms with Crippen LogP contribution in [-0.2, 0) is 10.7 Å². The van der Waals surface area contributed by atoms with E-state index >= 15 is 4.39 Å². The summed E-state index contributed by atoms with van der Waals surface area (Å²) < 4.78 is 53.5. The van der Waals surface area contributed by atoms with E-state index < -0.39 is 45.5 Å². The fraction of sp³-hybridized carbons (Fsp3) is 0.227. The zero-order valence-electron chi connectivity index (χ0n) is 18.2. The molecule has 0 radical (unpaired) electrons. The molecule has 3 aromatic rings. The average molecular weight is 498 g/mol. The Morgan fingerprint density at radius 3 is 2.50 bits per heavy atom. The largest absolute Gasteiger partial charge is 0.492 e. The molecule has 0 amide bonds. The number of nitrogens with zero attached hydrogens (tertiary/aromatic N) is 3. The molecule has 34 heavy (non-hydrogen) atoms. The highest BCUT2D eigenvalue weighted by atomic mass is 35.5. The molecule has 2 N–H and O–H groups in total. The smallest absolute Gasteiger partial charge is 0.372 e. The third kappa shape index (κ3) is 4.63. The number of rotatable bonds is 7. The van der Waals surface area contributed by atoms with Crippen LogP contribution in [-0.4, -0.2) is 31.4 Å². The van der Waals surface area contributed by atoms with Crippen molar-refractivity contribution < 1.29 is 32.9 Å². The van der Waals surface area contributed by atoms with Gasteiger partial charge in [0.1, 0.15) is 22.3 Å². The molecule has 12 heteroatoms. The lowest BCUT2D eigenvalue weighted by Gasteiger charge is -2.24. The molecule has 3 heterocycles. The molecular formula is C22H19ClF3N3O5. The van der Waals surface area contributed by atoms with Gasteiger partial charge in [0.15, 0.2) is 23.1 Å². The summed E-state index contributed by atoms with van der Waals surface area (Å²) in [5.41, 5.74) is -2.12. The van der Waals surface area contributed by atoms with Gasteiger partial charge in [-0.05, 0) is 26.3 Å². The molecule has 0 aliphatic heterocycles. The number of aryl methyl sites for hydroxylation is 2. The van der Waals surface area contributed by atoms with Gasteiger partial charge in [-0.25, -0.2) is 23.1 Å². The number of hydrogen-bond donors (Lipinski definition) is 2. The molecule has 0 saturated heterocycles. The lowest BCUT2D eigenvalue weighted by molar-refractivity contribution is -0.308. The molecule has 0 spiro atoms. The van der Waals surface area contributed by atoms with Crippen molar-refractivity contribution in [2.24, 2.45) is 0 Å². The molecule has 0 unspecified atom stereocenters. The predicted octanol–water partition coefficient (Wildman–Crippen LogP) is 3.50. The highest BCUT2D eigenvalue weighted by Gasteiger charge is 2.36. The van der Waals surface area contributed by atoms with Crippen LogP contribution in [0.25, 0.3) is 11.4 Å². The normalized spacial score (nSPS) is 11.4. The van der Waals surface area contributed by atoms with E-state index in [2.05, 4.69) is 16.5 Å². The first-order valence-electron chi connectivity index (χ1n) is 9.74. The van der Waals surface area contributed by atoms with Crippen LogP contribution in [0.3, 0.4) is 0 Å². The van der Waals surface area contributed by atoms with Gasteiger partial charge in [0.2, 0.25) is 0 Å². The Morgan fingerprint density at radius 2 is 1.88 bits per heavy atom. The van der Waals surface area contributed by atoms with Gasteiger partial charge in [0.25, 0.3) is 5.56 Å². The first-order chi connectivity index (χ1) is 15.9. The van der Waals surface area contributed by atoms with Crippen molar-refractivity contribution in [3.05, 3.63) is 86.6 Å². The van der Waals surface area contributed by atoms with Crippen LogP contribution in [0.5, 0.6) is 5.75 Å². The van der Waals surface area contributed by atoms with Crippen LogP contribution in [0, 0.1) is 31.3 Å². The second kappa shape index (κ2) is 9.45. The molecule has 0 saturated carbocycles. The molecule has 180 valence electrons. The Hall–Kier alpha value is -3.41. The number of hydrogen-bond acceptors (Lipinski definition) is 7. The number of aliphatic hydroxyl groups is 2. The van der Waals surface area contributed by atoms with Crippen molar-refractivity contribution in [1.29, 1.82) is 0 Å². The summed E-state index contributed by atoms with van der Waals surface area (Å²) in [7, 11) is 0. The van der Waals surface area contributed by atoms with Crippen molar-refractivity contribution in [2.45, 2.75) is 26.7 Å². The topological polar surface area (TPSA) is 107 Å². The zero-order chi connectivity index (χ0) is 25.4. The third-order valence-electron chi connectivity index (χ3n) is 4.65. The van der Waals surface area contributed by atoms with E-state index in [1.807, 2.05) is 0 Å². The van der Waals surface area contributed by atoms with Gasteiger partial charge in [-0.3, -0.25) is 9.36 Å². The number of pyridine rings is 3. The maximum absolute atomic E-state index is 15.4. The van der Waals surface area contributed by atoms with Gasteiger partial charge in [-0.1, -0.05) is 18.2 Å². The van der Waals surface area contributed by atoms with Crippen LogP contribution in [0.15, 0.2) is 35.9 Å². The fourth-order valence-electron chi connectivity index (χ4n) is 3.17. The van der Waals surface area contributed by atoms with Gasteiger partial charge in [0, 0.05) is 24.0 Å². The maximum Gasteiger partial charge on any atom is 0.372 e. The molecule has 0 aliphatic carbocycles. The Balaban J connectivity index is 2.12. The van der Waals surface area contributed by atoms with Crippen molar-refractivity contribution in [3.63, 3.8) is 0 Å².